The van der Waals surface area contributed by atoms with Crippen molar-refractivity contribution in [3.05, 3.63) is 29.3 Å². The lowest BCUT2D eigenvalue weighted by atomic mass is 10.1. The first-order valence-electron chi connectivity index (χ1n) is 7.26. The smallest absolute Gasteiger partial charge is 0.319 e. The Kier molecular flexibility index (Phi) is 6.72. The van der Waals surface area contributed by atoms with Gasteiger partial charge in [0, 0.05) is 12.2 Å². The third-order valence-electron chi connectivity index (χ3n) is 2.96. The third kappa shape index (κ3) is 5.85. The molecule has 0 aromatic heterocycles. The minimum Gasteiger partial charge on any atom is -0.463 e. The van der Waals surface area contributed by atoms with Crippen molar-refractivity contribution >= 4 is 17.7 Å². The molecule has 0 aliphatic carbocycles. The molecule has 2 amide bonds. The molecule has 1 rings (SSSR count). The van der Waals surface area contributed by atoms with Crippen LogP contribution in [-0.4, -0.2) is 24.6 Å². The molecule has 2 N–H and O–H groups in total. The van der Waals surface area contributed by atoms with E-state index in [4.69, 9.17) is 4.74 Å². The number of rotatable bonds is 6. The highest BCUT2D eigenvalue weighted by atomic mass is 16.5. The lowest BCUT2D eigenvalue weighted by Crippen LogP contribution is -2.31. The molecule has 1 aromatic carbocycles. The van der Waals surface area contributed by atoms with Crippen molar-refractivity contribution < 1.29 is 14.3 Å². The molecule has 0 radical (unpaired) electrons. The summed E-state index contributed by atoms with van der Waals surface area (Å²) in [5.41, 5.74) is 2.94. The highest BCUT2D eigenvalue weighted by Crippen LogP contribution is 2.20. The summed E-state index contributed by atoms with van der Waals surface area (Å²) in [5, 5.41) is 5.51. The second-order valence-electron chi connectivity index (χ2n) is 5.13. The van der Waals surface area contributed by atoms with E-state index in [-0.39, 0.29) is 31.1 Å². The van der Waals surface area contributed by atoms with Crippen LogP contribution in [0.1, 0.15) is 38.3 Å². The van der Waals surface area contributed by atoms with Gasteiger partial charge in [0.05, 0.1) is 12.5 Å². The Morgan fingerprint density at radius 1 is 1.29 bits per heavy atom. The van der Waals surface area contributed by atoms with Crippen molar-refractivity contribution in [2.45, 2.75) is 46.6 Å². The molecule has 0 aliphatic heterocycles. The number of anilines is 1. The summed E-state index contributed by atoms with van der Waals surface area (Å²) >= 11 is 0. The number of carbonyl (C=O) groups excluding carboxylic acids is 2. The predicted molar refractivity (Wildman–Crippen MR) is 83.4 cm³/mol. The van der Waals surface area contributed by atoms with Crippen LogP contribution in [0.2, 0.25) is 0 Å². The van der Waals surface area contributed by atoms with Gasteiger partial charge >= 0.3 is 12.0 Å². The number of aryl methyl sites for hydroxylation is 2. The monoisotopic (exact) mass is 292 g/mol. The number of nitrogens with one attached hydrogen (secondary N) is 2. The number of hydrogen-bond acceptors (Lipinski definition) is 3. The quantitative estimate of drug-likeness (QED) is 0.792. The van der Waals surface area contributed by atoms with E-state index in [2.05, 4.69) is 10.6 Å². The molecule has 0 saturated carbocycles. The summed E-state index contributed by atoms with van der Waals surface area (Å²) in [6.45, 7) is 7.84. The van der Waals surface area contributed by atoms with Crippen LogP contribution in [0, 0.1) is 6.92 Å². The van der Waals surface area contributed by atoms with Gasteiger partial charge < -0.3 is 15.4 Å². The standard InChI is InChI=1S/C16H24N2O3/c1-5-13-8-6-7-12(4)15(13)18-16(20)17-10-9-14(19)21-11(2)3/h6-8,11H,5,9-10H2,1-4H3,(H2,17,18,20). The average molecular weight is 292 g/mol. The highest BCUT2D eigenvalue weighted by molar-refractivity contribution is 5.91. The molecule has 21 heavy (non-hydrogen) atoms. The van der Waals surface area contributed by atoms with Gasteiger partial charge in [0.15, 0.2) is 0 Å². The molecule has 0 aliphatic rings. The van der Waals surface area contributed by atoms with Crippen LogP contribution in [-0.2, 0) is 16.0 Å². The normalized spacial score (nSPS) is 10.3. The van der Waals surface area contributed by atoms with E-state index < -0.39 is 0 Å². The second kappa shape index (κ2) is 8.29. The van der Waals surface area contributed by atoms with Crippen LogP contribution in [0.25, 0.3) is 0 Å². The van der Waals surface area contributed by atoms with Crippen LogP contribution in [0.4, 0.5) is 10.5 Å². The number of hydrogen-bond donors (Lipinski definition) is 2. The van der Waals surface area contributed by atoms with Crippen LogP contribution in [0.5, 0.6) is 0 Å². The molecule has 116 valence electrons. The second-order valence-corrected chi connectivity index (χ2v) is 5.13. The molecule has 1 aromatic rings. The molecular weight excluding hydrogens is 268 g/mol. The molecule has 0 saturated heterocycles. The molecule has 0 fully saturated rings. The molecule has 0 unspecified atom stereocenters. The van der Waals surface area contributed by atoms with Gasteiger partial charge in [-0.25, -0.2) is 4.79 Å². The van der Waals surface area contributed by atoms with Crippen molar-refractivity contribution in [1.82, 2.24) is 5.32 Å². The van der Waals surface area contributed by atoms with Crippen LogP contribution < -0.4 is 10.6 Å². The fourth-order valence-corrected chi connectivity index (χ4v) is 1.96. The fourth-order valence-electron chi connectivity index (χ4n) is 1.96. The lowest BCUT2D eigenvalue weighted by Gasteiger charge is -2.13. The van der Waals surface area contributed by atoms with Gasteiger partial charge in [-0.2, -0.15) is 0 Å². The van der Waals surface area contributed by atoms with Crippen LogP contribution in [0.3, 0.4) is 0 Å². The third-order valence-corrected chi connectivity index (χ3v) is 2.96. The van der Waals surface area contributed by atoms with Crippen molar-refractivity contribution in [3.8, 4) is 0 Å². The minimum atomic E-state index is -0.310. The Labute approximate surface area is 126 Å². The summed E-state index contributed by atoms with van der Waals surface area (Å²) in [4.78, 5) is 23.2. The van der Waals surface area contributed by atoms with E-state index >= 15 is 0 Å². The molecule has 5 nitrogen and oxygen atoms in total. The number of ether oxygens (including phenoxy) is 1. The SMILES string of the molecule is CCc1cccc(C)c1NC(=O)NCCC(=O)OC(C)C. The van der Waals surface area contributed by atoms with Crippen molar-refractivity contribution in [1.29, 1.82) is 0 Å². The first-order valence-corrected chi connectivity index (χ1v) is 7.26. The van der Waals surface area contributed by atoms with E-state index in [0.717, 1.165) is 23.2 Å². The summed E-state index contributed by atoms with van der Waals surface area (Å²) in [5.74, 6) is -0.310. The van der Waals surface area contributed by atoms with Crippen LogP contribution in [0.15, 0.2) is 18.2 Å². The van der Waals surface area contributed by atoms with E-state index in [1.54, 1.807) is 13.8 Å². The maximum Gasteiger partial charge on any atom is 0.319 e. The molecular formula is C16H24N2O3. The Morgan fingerprint density at radius 3 is 2.62 bits per heavy atom. The van der Waals surface area contributed by atoms with Gasteiger partial charge in [0.25, 0.3) is 0 Å². The summed E-state index contributed by atoms with van der Waals surface area (Å²) in [6.07, 6.45) is 0.878. The zero-order valence-corrected chi connectivity index (χ0v) is 13.2. The Hall–Kier alpha value is -2.04. The number of urea groups is 1. The fraction of sp³-hybridized carbons (Fsp3) is 0.500. The molecule has 0 atom stereocenters. The molecule has 0 bridgehead atoms. The largest absolute Gasteiger partial charge is 0.463 e. The Morgan fingerprint density at radius 2 is 2.00 bits per heavy atom. The first kappa shape index (κ1) is 17.0. The van der Waals surface area contributed by atoms with Gasteiger partial charge in [-0.3, -0.25) is 4.79 Å². The molecule has 5 heteroatoms. The van der Waals surface area contributed by atoms with Crippen molar-refractivity contribution in [2.75, 3.05) is 11.9 Å². The lowest BCUT2D eigenvalue weighted by molar-refractivity contribution is -0.147. The molecule has 0 heterocycles. The number of carbonyl (C=O) groups is 2. The summed E-state index contributed by atoms with van der Waals surface area (Å²) in [7, 11) is 0. The zero-order valence-electron chi connectivity index (χ0n) is 13.2. The Bertz CT molecular complexity index is 498. The highest BCUT2D eigenvalue weighted by Gasteiger charge is 2.09. The zero-order chi connectivity index (χ0) is 15.8. The van der Waals surface area contributed by atoms with Gasteiger partial charge in [-0.1, -0.05) is 25.1 Å². The number of benzene rings is 1. The number of para-hydroxylation sites is 1. The number of esters is 1. The maximum atomic E-state index is 11.9. The molecule has 0 spiro atoms. The van der Waals surface area contributed by atoms with E-state index in [1.165, 1.54) is 0 Å². The van der Waals surface area contributed by atoms with E-state index in [0.29, 0.717) is 0 Å². The van der Waals surface area contributed by atoms with E-state index in [9.17, 15) is 9.59 Å². The Balaban J connectivity index is 2.46. The van der Waals surface area contributed by atoms with Gasteiger partial charge in [-0.05, 0) is 38.3 Å². The van der Waals surface area contributed by atoms with E-state index in [1.807, 2.05) is 32.0 Å². The van der Waals surface area contributed by atoms with Gasteiger partial charge in [-0.15, -0.1) is 0 Å². The predicted octanol–water partition coefficient (Wildman–Crippen LogP) is 3.02. The summed E-state index contributed by atoms with van der Waals surface area (Å²) < 4.78 is 5.00. The first-order chi connectivity index (χ1) is 9.93. The minimum absolute atomic E-state index is 0.134. The van der Waals surface area contributed by atoms with Crippen molar-refractivity contribution in [3.63, 3.8) is 0 Å². The average Bonchev–Trinajstić information content (AvgIpc) is 2.40. The summed E-state index contributed by atoms with van der Waals surface area (Å²) in [6, 6.07) is 5.60. The van der Waals surface area contributed by atoms with Gasteiger partial charge in [0.1, 0.15) is 0 Å². The van der Waals surface area contributed by atoms with Crippen molar-refractivity contribution in [2.24, 2.45) is 0 Å². The maximum absolute atomic E-state index is 11.9. The number of amides is 2. The van der Waals surface area contributed by atoms with Gasteiger partial charge in [0.2, 0.25) is 0 Å². The van der Waals surface area contributed by atoms with Crippen LogP contribution >= 0.6 is 0 Å². The topological polar surface area (TPSA) is 67.4 Å².